The highest BCUT2D eigenvalue weighted by Gasteiger charge is 2.56. The fourth-order valence-corrected chi connectivity index (χ4v) is 6.11. The van der Waals surface area contributed by atoms with Gasteiger partial charge in [-0.05, 0) is 85.6 Å². The van der Waals surface area contributed by atoms with E-state index in [-0.39, 0.29) is 47.7 Å². The van der Waals surface area contributed by atoms with Crippen LogP contribution in [0.5, 0.6) is 11.5 Å². The maximum atomic E-state index is 13.3. The second-order valence-corrected chi connectivity index (χ2v) is 10.6. The van der Waals surface area contributed by atoms with Gasteiger partial charge in [-0.25, -0.2) is 0 Å². The number of anilines is 2. The number of nitrogens with zero attached hydrogens (tertiary/aromatic N) is 4. The van der Waals surface area contributed by atoms with Gasteiger partial charge in [0.25, 0.3) is 12.5 Å². The molecule has 0 radical (unpaired) electrons. The molecule has 2 saturated heterocycles. The molecule has 0 aromatic heterocycles. The molecule has 0 N–H and O–H groups in total. The van der Waals surface area contributed by atoms with Crippen LogP contribution in [0.1, 0.15) is 57.5 Å². The van der Waals surface area contributed by atoms with Gasteiger partial charge in [0.05, 0.1) is 0 Å². The van der Waals surface area contributed by atoms with Gasteiger partial charge in [-0.3, -0.25) is 29.0 Å². The second-order valence-electron chi connectivity index (χ2n) is 10.6. The van der Waals surface area contributed by atoms with Gasteiger partial charge in [-0.15, -0.1) is 10.5 Å². The van der Waals surface area contributed by atoms with E-state index >= 15 is 0 Å². The van der Waals surface area contributed by atoms with Gasteiger partial charge in [0.15, 0.2) is 11.6 Å². The quantitative estimate of drug-likeness (QED) is 0.191. The number of ether oxygens (including phenoxy) is 2. The summed E-state index contributed by atoms with van der Waals surface area (Å²) < 4.78 is 9.67. The van der Waals surface area contributed by atoms with Gasteiger partial charge in [0.1, 0.15) is 17.2 Å². The first-order chi connectivity index (χ1) is 21.8. The van der Waals surface area contributed by atoms with Crippen molar-refractivity contribution in [1.82, 2.24) is 0 Å². The summed E-state index contributed by atoms with van der Waals surface area (Å²) in [6.45, 7) is 0. The maximum Gasteiger partial charge on any atom is 0.292 e. The maximum absolute atomic E-state index is 13.3. The van der Waals surface area contributed by atoms with Crippen molar-refractivity contribution in [3.05, 3.63) is 119 Å². The number of amides is 2. The van der Waals surface area contributed by atoms with E-state index in [9.17, 15) is 19.2 Å². The van der Waals surface area contributed by atoms with E-state index in [1.165, 1.54) is 12.1 Å². The van der Waals surface area contributed by atoms with Crippen molar-refractivity contribution in [2.75, 3.05) is 9.80 Å². The molecule has 1 spiro atoms. The van der Waals surface area contributed by atoms with E-state index < -0.39 is 5.66 Å². The highest BCUT2D eigenvalue weighted by molar-refractivity contribution is 6.11. The number of hydrogen-bond acceptors (Lipinski definition) is 8. The second kappa shape index (κ2) is 11.8. The number of hydrogen-bond donors (Lipinski definition) is 0. The average Bonchev–Trinajstić information content (AvgIpc) is 3.58. The lowest BCUT2D eigenvalue weighted by Crippen LogP contribution is -2.56. The smallest absolute Gasteiger partial charge is 0.292 e. The van der Waals surface area contributed by atoms with Crippen molar-refractivity contribution in [2.24, 2.45) is 0 Å². The summed E-state index contributed by atoms with van der Waals surface area (Å²) in [7, 11) is 0. The lowest BCUT2D eigenvalue weighted by molar-refractivity contribution is -0.117. The normalized spacial score (nSPS) is 15.1. The Morgan fingerprint density at radius 2 is 1.00 bits per heavy atom. The Hall–Kier alpha value is -6.26. The minimum absolute atomic E-state index is 0.138. The first kappa shape index (κ1) is 28.8. The van der Waals surface area contributed by atoms with Crippen LogP contribution in [0.3, 0.4) is 0 Å². The molecule has 2 fully saturated rings. The Bertz CT molecular complexity index is 1780. The summed E-state index contributed by atoms with van der Waals surface area (Å²) in [5.41, 5.74) is 1.65. The summed E-state index contributed by atoms with van der Waals surface area (Å²) in [5.74, 6) is -0.310. The standard InChI is InChI=1S/C35H24N4O6/c36-21-44-29-5-1-3-25(19-29)33(42)23-7-11-27(12-8-23)38-31(40)15-17-35(38)18-16-32(41)39(35)28-13-9-24(10-14-28)34(43)26-4-2-6-30(20-26)45-22-37/h1-14,19-20H,15-18H2. The zero-order valence-electron chi connectivity index (χ0n) is 23.8. The minimum Gasteiger partial charge on any atom is -0.388 e. The zero-order chi connectivity index (χ0) is 31.6. The van der Waals surface area contributed by atoms with Gasteiger partial charge in [-0.2, -0.15) is 0 Å². The van der Waals surface area contributed by atoms with Gasteiger partial charge < -0.3 is 9.47 Å². The van der Waals surface area contributed by atoms with Crippen LogP contribution < -0.4 is 19.3 Å². The Balaban J connectivity index is 1.27. The molecule has 2 aliphatic heterocycles. The Morgan fingerprint density at radius 3 is 1.38 bits per heavy atom. The summed E-state index contributed by atoms with van der Waals surface area (Å²) in [4.78, 5) is 56.2. The minimum atomic E-state index is -0.933. The molecule has 10 nitrogen and oxygen atoms in total. The highest BCUT2D eigenvalue weighted by Crippen LogP contribution is 2.47. The molecule has 45 heavy (non-hydrogen) atoms. The van der Waals surface area contributed by atoms with Gasteiger partial charge >= 0.3 is 0 Å². The summed E-state index contributed by atoms with van der Waals surface area (Å²) in [5, 5.41) is 17.6. The number of carbonyl (C=O) groups is 4. The fourth-order valence-electron chi connectivity index (χ4n) is 6.11. The van der Waals surface area contributed by atoms with Crippen LogP contribution in [0.15, 0.2) is 97.1 Å². The van der Waals surface area contributed by atoms with Gasteiger partial charge in [0, 0.05) is 46.5 Å². The Kier molecular flexibility index (Phi) is 7.55. The third-order valence-corrected chi connectivity index (χ3v) is 8.10. The third-order valence-electron chi connectivity index (χ3n) is 8.10. The number of ketones is 2. The van der Waals surface area contributed by atoms with Crippen LogP contribution in [0.4, 0.5) is 11.4 Å². The monoisotopic (exact) mass is 596 g/mol. The number of nitriles is 2. The van der Waals surface area contributed by atoms with Crippen LogP contribution in [-0.4, -0.2) is 29.0 Å². The van der Waals surface area contributed by atoms with Crippen LogP contribution in [0, 0.1) is 23.0 Å². The topological polar surface area (TPSA) is 141 Å². The highest BCUT2D eigenvalue weighted by atomic mass is 16.5. The number of benzene rings is 4. The molecule has 10 heteroatoms. The van der Waals surface area contributed by atoms with Crippen molar-refractivity contribution in [3.8, 4) is 24.0 Å². The van der Waals surface area contributed by atoms with E-state index in [1.54, 1.807) is 107 Å². The first-order valence-electron chi connectivity index (χ1n) is 14.1. The van der Waals surface area contributed by atoms with Gasteiger partial charge in [0.2, 0.25) is 11.8 Å². The number of carbonyl (C=O) groups excluding carboxylic acids is 4. The molecule has 0 unspecified atom stereocenters. The molecule has 2 heterocycles. The van der Waals surface area contributed by atoms with Crippen LogP contribution >= 0.6 is 0 Å². The predicted molar refractivity (Wildman–Crippen MR) is 161 cm³/mol. The summed E-state index contributed by atoms with van der Waals surface area (Å²) >= 11 is 0. The molecule has 220 valence electrons. The van der Waals surface area contributed by atoms with Crippen molar-refractivity contribution >= 4 is 34.8 Å². The lowest BCUT2D eigenvalue weighted by Gasteiger charge is -2.42. The number of rotatable bonds is 8. The molecule has 0 bridgehead atoms. The zero-order valence-corrected chi connectivity index (χ0v) is 23.8. The molecule has 0 aliphatic carbocycles. The Morgan fingerprint density at radius 1 is 0.600 bits per heavy atom. The summed E-state index contributed by atoms with van der Waals surface area (Å²) in [6.07, 6.45) is 4.52. The third kappa shape index (κ3) is 5.26. The molecule has 4 aromatic carbocycles. The first-order valence-corrected chi connectivity index (χ1v) is 14.1. The van der Waals surface area contributed by atoms with Gasteiger partial charge in [-0.1, -0.05) is 24.3 Å². The Labute approximate surface area is 258 Å². The fraction of sp³-hybridized carbons (Fsp3) is 0.143. The van der Waals surface area contributed by atoms with E-state index in [4.69, 9.17) is 20.0 Å². The molecule has 0 saturated carbocycles. The van der Waals surface area contributed by atoms with E-state index in [0.29, 0.717) is 46.5 Å². The molecule has 0 atom stereocenters. The van der Waals surface area contributed by atoms with Crippen LogP contribution in [-0.2, 0) is 9.59 Å². The molecule has 2 aliphatic rings. The molecule has 6 rings (SSSR count). The SMILES string of the molecule is N#COc1cccc(C(=O)c2ccc(N3C(=O)CCC34CCC(=O)N4c3ccc(C(=O)c4cccc(OC#N)c4)cc3)cc2)c1. The summed E-state index contributed by atoms with van der Waals surface area (Å²) in [6, 6.07) is 25.9. The van der Waals surface area contributed by atoms with E-state index in [2.05, 4.69) is 0 Å². The van der Waals surface area contributed by atoms with Crippen LogP contribution in [0.25, 0.3) is 0 Å². The van der Waals surface area contributed by atoms with E-state index in [1.807, 2.05) is 0 Å². The van der Waals surface area contributed by atoms with Crippen LogP contribution in [0.2, 0.25) is 0 Å². The molecule has 4 aromatic rings. The molecular formula is C35H24N4O6. The predicted octanol–water partition coefficient (Wildman–Crippen LogP) is 5.52. The van der Waals surface area contributed by atoms with Crippen molar-refractivity contribution in [1.29, 1.82) is 10.5 Å². The lowest BCUT2D eigenvalue weighted by atomic mass is 9.99. The van der Waals surface area contributed by atoms with E-state index in [0.717, 1.165) is 0 Å². The molecular weight excluding hydrogens is 572 g/mol. The average molecular weight is 597 g/mol. The van der Waals surface area contributed by atoms with Crippen molar-refractivity contribution < 1.29 is 28.7 Å². The molecule has 2 amide bonds. The largest absolute Gasteiger partial charge is 0.388 e. The van der Waals surface area contributed by atoms with Crippen molar-refractivity contribution in [2.45, 2.75) is 31.3 Å². The van der Waals surface area contributed by atoms with Crippen molar-refractivity contribution in [3.63, 3.8) is 0 Å².